The van der Waals surface area contributed by atoms with Crippen molar-refractivity contribution in [2.24, 2.45) is 0 Å². The Hall–Kier alpha value is -3.35. The zero-order valence-corrected chi connectivity index (χ0v) is 14.7. The second kappa shape index (κ2) is 7.72. The fourth-order valence-electron chi connectivity index (χ4n) is 3.13. The normalized spacial score (nSPS) is 15.1. The van der Waals surface area contributed by atoms with Crippen molar-refractivity contribution in [3.63, 3.8) is 0 Å². The predicted octanol–water partition coefficient (Wildman–Crippen LogP) is 3.60. The molecule has 0 bridgehead atoms. The number of alkyl halides is 3. The van der Waals surface area contributed by atoms with Gasteiger partial charge in [0.2, 0.25) is 0 Å². The number of nitro groups is 1. The van der Waals surface area contributed by atoms with Gasteiger partial charge in [-0.3, -0.25) is 10.1 Å². The third-order valence-electron chi connectivity index (χ3n) is 4.55. The lowest BCUT2D eigenvalue weighted by Crippen LogP contribution is -2.31. The molecule has 7 nitrogen and oxygen atoms in total. The van der Waals surface area contributed by atoms with Gasteiger partial charge in [-0.25, -0.2) is 4.98 Å². The largest absolute Gasteiger partial charge is 0.417 e. The van der Waals surface area contributed by atoms with Crippen LogP contribution in [-0.2, 0) is 6.18 Å². The van der Waals surface area contributed by atoms with Crippen molar-refractivity contribution in [3.8, 4) is 6.07 Å². The first-order valence-electron chi connectivity index (χ1n) is 8.51. The molecule has 10 heteroatoms. The van der Waals surface area contributed by atoms with Crippen LogP contribution in [0, 0.1) is 21.4 Å². The zero-order valence-electron chi connectivity index (χ0n) is 14.7. The number of nitrogens with zero attached hydrogens (tertiary/aromatic N) is 5. The Labute approximate surface area is 158 Å². The molecule has 0 unspecified atom stereocenters. The minimum Gasteiger partial charge on any atom is -0.369 e. The first-order valence-corrected chi connectivity index (χ1v) is 8.51. The van der Waals surface area contributed by atoms with Gasteiger partial charge in [-0.2, -0.15) is 18.4 Å². The molecule has 1 aromatic heterocycles. The quantitative estimate of drug-likeness (QED) is 0.587. The van der Waals surface area contributed by atoms with Crippen LogP contribution in [0.3, 0.4) is 0 Å². The molecule has 1 fully saturated rings. The third kappa shape index (κ3) is 4.14. The summed E-state index contributed by atoms with van der Waals surface area (Å²) < 4.78 is 38.1. The molecule has 0 aliphatic carbocycles. The fourth-order valence-corrected chi connectivity index (χ4v) is 3.13. The number of nitriles is 1. The molecule has 3 rings (SSSR count). The van der Waals surface area contributed by atoms with Gasteiger partial charge in [0, 0.05) is 44.5 Å². The van der Waals surface area contributed by atoms with Crippen molar-refractivity contribution in [1.82, 2.24) is 4.98 Å². The molecule has 1 aliphatic heterocycles. The maximum absolute atomic E-state index is 12.7. The molecule has 1 saturated heterocycles. The van der Waals surface area contributed by atoms with E-state index < -0.39 is 16.7 Å². The number of halogens is 3. The molecule has 0 saturated carbocycles. The Balaban J connectivity index is 1.75. The van der Waals surface area contributed by atoms with Gasteiger partial charge in [0.1, 0.15) is 11.9 Å². The third-order valence-corrected chi connectivity index (χ3v) is 4.55. The van der Waals surface area contributed by atoms with E-state index in [9.17, 15) is 28.5 Å². The van der Waals surface area contributed by atoms with Crippen LogP contribution >= 0.6 is 0 Å². The first-order chi connectivity index (χ1) is 13.3. The Morgan fingerprint density at radius 2 is 1.82 bits per heavy atom. The SMILES string of the molecule is N#Cc1cc([N+](=O)[O-])ccc1N1CCCN(c2ccc(C(F)(F)F)cn2)CC1. The molecule has 0 radical (unpaired) electrons. The van der Waals surface area contributed by atoms with Crippen LogP contribution in [0.2, 0.25) is 0 Å². The van der Waals surface area contributed by atoms with Crippen LogP contribution in [0.1, 0.15) is 17.5 Å². The molecule has 0 spiro atoms. The summed E-state index contributed by atoms with van der Waals surface area (Å²) in [4.78, 5) is 18.1. The highest BCUT2D eigenvalue weighted by molar-refractivity contribution is 5.63. The first kappa shape index (κ1) is 19.4. The van der Waals surface area contributed by atoms with Crippen molar-refractivity contribution >= 4 is 17.2 Å². The zero-order chi connectivity index (χ0) is 20.3. The number of rotatable bonds is 3. The van der Waals surface area contributed by atoms with Gasteiger partial charge in [-0.05, 0) is 24.6 Å². The molecule has 1 aliphatic rings. The Bertz CT molecular complexity index is 909. The highest BCUT2D eigenvalue weighted by Crippen LogP contribution is 2.30. The maximum atomic E-state index is 12.7. The predicted molar refractivity (Wildman–Crippen MR) is 96.1 cm³/mol. The molecule has 28 heavy (non-hydrogen) atoms. The van der Waals surface area contributed by atoms with Crippen LogP contribution < -0.4 is 9.80 Å². The molecular weight excluding hydrogens is 375 g/mol. The van der Waals surface area contributed by atoms with E-state index in [0.717, 1.165) is 12.3 Å². The van der Waals surface area contributed by atoms with Crippen molar-refractivity contribution in [2.75, 3.05) is 36.0 Å². The van der Waals surface area contributed by atoms with E-state index in [0.29, 0.717) is 44.1 Å². The average Bonchev–Trinajstić information content (AvgIpc) is 2.93. The van der Waals surface area contributed by atoms with Crippen molar-refractivity contribution < 1.29 is 18.1 Å². The van der Waals surface area contributed by atoms with Crippen LogP contribution in [-0.4, -0.2) is 36.1 Å². The number of nitro benzene ring substituents is 1. The molecule has 2 heterocycles. The summed E-state index contributed by atoms with van der Waals surface area (Å²) in [6, 6.07) is 8.52. The van der Waals surface area contributed by atoms with Crippen molar-refractivity contribution in [1.29, 1.82) is 5.26 Å². The lowest BCUT2D eigenvalue weighted by molar-refractivity contribution is -0.384. The van der Waals surface area contributed by atoms with Crippen LogP contribution in [0.15, 0.2) is 36.5 Å². The summed E-state index contributed by atoms with van der Waals surface area (Å²) in [5.41, 5.74) is -0.117. The maximum Gasteiger partial charge on any atom is 0.417 e. The van der Waals surface area contributed by atoms with Gasteiger partial charge >= 0.3 is 6.18 Å². The van der Waals surface area contributed by atoms with E-state index in [4.69, 9.17) is 0 Å². The molecule has 2 aromatic rings. The average molecular weight is 391 g/mol. The van der Waals surface area contributed by atoms with E-state index in [1.807, 2.05) is 15.9 Å². The molecule has 146 valence electrons. The number of hydrogen-bond acceptors (Lipinski definition) is 6. The fraction of sp³-hybridized carbons (Fsp3) is 0.333. The van der Waals surface area contributed by atoms with E-state index in [1.54, 1.807) is 6.07 Å². The summed E-state index contributed by atoms with van der Waals surface area (Å²) >= 11 is 0. The molecule has 1 aromatic carbocycles. The minimum atomic E-state index is -4.43. The number of anilines is 2. The van der Waals surface area contributed by atoms with Gasteiger partial charge in [0.15, 0.2) is 0 Å². The van der Waals surface area contributed by atoms with E-state index in [2.05, 4.69) is 4.98 Å². The Kier molecular flexibility index (Phi) is 5.35. The molecule has 0 atom stereocenters. The lowest BCUT2D eigenvalue weighted by Gasteiger charge is -2.25. The topological polar surface area (TPSA) is 86.3 Å². The van der Waals surface area contributed by atoms with Crippen molar-refractivity contribution in [3.05, 3.63) is 57.8 Å². The van der Waals surface area contributed by atoms with Crippen LogP contribution in [0.5, 0.6) is 0 Å². The van der Waals surface area contributed by atoms with Gasteiger partial charge in [-0.1, -0.05) is 0 Å². The van der Waals surface area contributed by atoms with Gasteiger partial charge in [-0.15, -0.1) is 0 Å². The number of hydrogen-bond donors (Lipinski definition) is 0. The highest BCUT2D eigenvalue weighted by atomic mass is 19.4. The van der Waals surface area contributed by atoms with E-state index in [1.165, 1.54) is 18.2 Å². The van der Waals surface area contributed by atoms with Gasteiger partial charge < -0.3 is 9.80 Å². The second-order valence-corrected chi connectivity index (χ2v) is 6.30. The number of aromatic nitrogens is 1. The van der Waals surface area contributed by atoms with Gasteiger partial charge in [0.25, 0.3) is 5.69 Å². The van der Waals surface area contributed by atoms with Crippen LogP contribution in [0.25, 0.3) is 0 Å². The second-order valence-electron chi connectivity index (χ2n) is 6.30. The highest BCUT2D eigenvalue weighted by Gasteiger charge is 2.31. The standard InChI is InChI=1S/C18H16F3N5O2/c19-18(20,21)14-2-5-17(23-12-14)25-7-1-6-24(8-9-25)16-4-3-15(26(27)28)10-13(16)11-22/h2-5,10,12H,1,6-9H2. The van der Waals surface area contributed by atoms with Crippen LogP contribution in [0.4, 0.5) is 30.4 Å². The van der Waals surface area contributed by atoms with Gasteiger partial charge in [0.05, 0.1) is 21.7 Å². The smallest absolute Gasteiger partial charge is 0.369 e. The Morgan fingerprint density at radius 1 is 1.11 bits per heavy atom. The lowest BCUT2D eigenvalue weighted by atomic mass is 10.1. The van der Waals surface area contributed by atoms with E-state index in [-0.39, 0.29) is 11.3 Å². The Morgan fingerprint density at radius 3 is 2.43 bits per heavy atom. The summed E-state index contributed by atoms with van der Waals surface area (Å²) in [6.07, 6.45) is -2.91. The summed E-state index contributed by atoms with van der Waals surface area (Å²) in [7, 11) is 0. The monoisotopic (exact) mass is 391 g/mol. The molecular formula is C18H16F3N5O2. The van der Waals surface area contributed by atoms with E-state index >= 15 is 0 Å². The molecule has 0 N–H and O–H groups in total. The number of pyridine rings is 1. The minimum absolute atomic E-state index is 0.147. The van der Waals surface area contributed by atoms with Crippen molar-refractivity contribution in [2.45, 2.75) is 12.6 Å². The summed E-state index contributed by atoms with van der Waals surface area (Å²) in [5, 5.41) is 20.2. The number of non-ortho nitro benzene ring substituents is 1. The number of benzene rings is 1. The molecule has 0 amide bonds. The summed E-state index contributed by atoms with van der Waals surface area (Å²) in [5.74, 6) is 0.457. The summed E-state index contributed by atoms with van der Waals surface area (Å²) in [6.45, 7) is 2.22.